The second-order valence-electron chi connectivity index (χ2n) is 5.90. The summed E-state index contributed by atoms with van der Waals surface area (Å²) in [6, 6.07) is 14.0. The Morgan fingerprint density at radius 1 is 0.923 bits per heavy atom. The minimum absolute atomic E-state index is 0.203. The van der Waals surface area contributed by atoms with Crippen molar-refractivity contribution in [3.8, 4) is 0 Å². The monoisotopic (exact) mass is 392 g/mol. The first-order valence-corrected chi connectivity index (χ1v) is 9.00. The molecule has 2 aromatic rings. The normalized spacial score (nSPS) is 14.2. The first-order valence-electron chi connectivity index (χ1n) is 8.24. The zero-order valence-electron chi connectivity index (χ0n) is 14.0. The predicted molar refractivity (Wildman–Crippen MR) is 102 cm³/mol. The van der Waals surface area contributed by atoms with Crippen LogP contribution in [0.25, 0.3) is 0 Å². The number of benzene rings is 2. The van der Waals surface area contributed by atoms with Gasteiger partial charge in [0.15, 0.2) is 6.61 Å². The molecule has 0 N–H and O–H groups in total. The molecular formula is C19H18Cl2N2O3. The van der Waals surface area contributed by atoms with Gasteiger partial charge in [-0.15, -0.1) is 0 Å². The molecule has 1 aliphatic rings. The summed E-state index contributed by atoms with van der Waals surface area (Å²) in [6.45, 7) is 2.21. The van der Waals surface area contributed by atoms with Gasteiger partial charge in [-0.1, -0.05) is 35.3 Å². The number of para-hydroxylation sites is 1. The van der Waals surface area contributed by atoms with Gasteiger partial charge in [-0.2, -0.15) is 0 Å². The smallest absolute Gasteiger partial charge is 0.338 e. The van der Waals surface area contributed by atoms with Crippen LogP contribution < -0.4 is 4.90 Å². The Bertz CT molecular complexity index is 788. The van der Waals surface area contributed by atoms with Gasteiger partial charge in [0.25, 0.3) is 5.91 Å². The fourth-order valence-electron chi connectivity index (χ4n) is 2.79. The number of hydrogen-bond donors (Lipinski definition) is 0. The van der Waals surface area contributed by atoms with Crippen molar-refractivity contribution in [3.63, 3.8) is 0 Å². The minimum Gasteiger partial charge on any atom is -0.452 e. The standard InChI is InChI=1S/C19H18Cl2N2O3/c20-15-7-5-14(6-8-15)19(25)26-13-18(24)23-11-9-22(10-12-23)17-4-2-1-3-16(17)21/h1-8H,9-13H2. The van der Waals surface area contributed by atoms with Crippen LogP contribution in [-0.4, -0.2) is 49.6 Å². The SMILES string of the molecule is O=C(OCC(=O)N1CCN(c2ccccc2Cl)CC1)c1ccc(Cl)cc1. The highest BCUT2D eigenvalue weighted by molar-refractivity contribution is 6.33. The highest BCUT2D eigenvalue weighted by atomic mass is 35.5. The van der Waals surface area contributed by atoms with E-state index in [0.717, 1.165) is 5.69 Å². The molecule has 1 saturated heterocycles. The van der Waals surface area contributed by atoms with Gasteiger partial charge in [0.2, 0.25) is 0 Å². The molecule has 1 aliphatic heterocycles. The number of rotatable bonds is 4. The maximum atomic E-state index is 12.3. The van der Waals surface area contributed by atoms with Gasteiger partial charge in [0, 0.05) is 31.2 Å². The van der Waals surface area contributed by atoms with Crippen molar-refractivity contribution in [1.82, 2.24) is 4.90 Å². The summed E-state index contributed by atoms with van der Waals surface area (Å²) in [5, 5.41) is 1.23. The molecule has 2 aromatic carbocycles. The number of carbonyl (C=O) groups is 2. The fraction of sp³-hybridized carbons (Fsp3) is 0.263. The van der Waals surface area contributed by atoms with Crippen molar-refractivity contribution >= 4 is 40.8 Å². The molecular weight excluding hydrogens is 375 g/mol. The van der Waals surface area contributed by atoms with E-state index >= 15 is 0 Å². The Labute approximate surface area is 162 Å². The van der Waals surface area contributed by atoms with Crippen molar-refractivity contribution in [2.24, 2.45) is 0 Å². The maximum absolute atomic E-state index is 12.3. The molecule has 0 saturated carbocycles. The number of anilines is 1. The number of hydrogen-bond acceptors (Lipinski definition) is 4. The van der Waals surface area contributed by atoms with Crippen LogP contribution in [0, 0.1) is 0 Å². The third-order valence-corrected chi connectivity index (χ3v) is 4.80. The molecule has 0 bridgehead atoms. The number of nitrogens with zero attached hydrogens (tertiary/aromatic N) is 2. The molecule has 1 heterocycles. The van der Waals surface area contributed by atoms with Crippen LogP contribution in [0.1, 0.15) is 10.4 Å². The summed E-state index contributed by atoms with van der Waals surface area (Å²) in [7, 11) is 0. The Kier molecular flexibility index (Phi) is 6.01. The molecule has 7 heteroatoms. The molecule has 0 aromatic heterocycles. The minimum atomic E-state index is -0.537. The van der Waals surface area contributed by atoms with Crippen molar-refractivity contribution in [1.29, 1.82) is 0 Å². The average molecular weight is 393 g/mol. The maximum Gasteiger partial charge on any atom is 0.338 e. The van der Waals surface area contributed by atoms with E-state index in [4.69, 9.17) is 27.9 Å². The molecule has 0 atom stereocenters. The summed E-state index contributed by atoms with van der Waals surface area (Å²) in [5.74, 6) is -0.740. The molecule has 0 aliphatic carbocycles. The molecule has 3 rings (SSSR count). The van der Waals surface area contributed by atoms with Gasteiger partial charge < -0.3 is 14.5 Å². The Hall–Kier alpha value is -2.24. The highest BCUT2D eigenvalue weighted by Gasteiger charge is 2.23. The van der Waals surface area contributed by atoms with E-state index in [2.05, 4.69) is 4.90 Å². The number of esters is 1. The lowest BCUT2D eigenvalue weighted by molar-refractivity contribution is -0.134. The first-order chi connectivity index (χ1) is 12.5. The second kappa shape index (κ2) is 8.43. The molecule has 0 spiro atoms. The summed E-state index contributed by atoms with van der Waals surface area (Å²) in [5.41, 5.74) is 1.33. The molecule has 0 unspecified atom stereocenters. The summed E-state index contributed by atoms with van der Waals surface area (Å²) in [4.78, 5) is 28.1. The molecule has 136 valence electrons. The molecule has 0 radical (unpaired) electrons. The lowest BCUT2D eigenvalue weighted by atomic mass is 10.2. The van der Waals surface area contributed by atoms with Crippen molar-refractivity contribution in [2.45, 2.75) is 0 Å². The van der Waals surface area contributed by atoms with E-state index in [0.29, 0.717) is 41.8 Å². The van der Waals surface area contributed by atoms with Crippen LogP contribution in [-0.2, 0) is 9.53 Å². The van der Waals surface area contributed by atoms with Crippen LogP contribution in [0.4, 0.5) is 5.69 Å². The van der Waals surface area contributed by atoms with Gasteiger partial charge in [-0.3, -0.25) is 4.79 Å². The zero-order valence-corrected chi connectivity index (χ0v) is 15.5. The molecule has 1 fully saturated rings. The first kappa shape index (κ1) is 18.5. The van der Waals surface area contributed by atoms with Crippen LogP contribution in [0.3, 0.4) is 0 Å². The second-order valence-corrected chi connectivity index (χ2v) is 6.75. The van der Waals surface area contributed by atoms with Crippen molar-refractivity contribution in [2.75, 3.05) is 37.7 Å². The van der Waals surface area contributed by atoms with Gasteiger partial charge in [-0.25, -0.2) is 4.79 Å². The topological polar surface area (TPSA) is 49.9 Å². The van der Waals surface area contributed by atoms with E-state index < -0.39 is 5.97 Å². The van der Waals surface area contributed by atoms with Gasteiger partial charge >= 0.3 is 5.97 Å². The Morgan fingerprint density at radius 2 is 1.58 bits per heavy atom. The van der Waals surface area contributed by atoms with Crippen molar-refractivity contribution < 1.29 is 14.3 Å². The summed E-state index contributed by atoms with van der Waals surface area (Å²) in [6.07, 6.45) is 0. The summed E-state index contributed by atoms with van der Waals surface area (Å²) < 4.78 is 5.11. The number of halogens is 2. The fourth-order valence-corrected chi connectivity index (χ4v) is 3.17. The third kappa shape index (κ3) is 4.48. The summed E-state index contributed by atoms with van der Waals surface area (Å²) >= 11 is 12.0. The van der Waals surface area contributed by atoms with Gasteiger partial charge in [0.1, 0.15) is 0 Å². The predicted octanol–water partition coefficient (Wildman–Crippen LogP) is 3.50. The van der Waals surface area contributed by atoms with Gasteiger partial charge in [0.05, 0.1) is 16.3 Å². The number of ether oxygens (including phenoxy) is 1. The average Bonchev–Trinajstić information content (AvgIpc) is 2.67. The van der Waals surface area contributed by atoms with E-state index in [-0.39, 0.29) is 12.5 Å². The van der Waals surface area contributed by atoms with Crippen LogP contribution in [0.2, 0.25) is 10.0 Å². The van der Waals surface area contributed by atoms with E-state index in [1.54, 1.807) is 29.2 Å². The third-order valence-electron chi connectivity index (χ3n) is 4.23. The van der Waals surface area contributed by atoms with Gasteiger partial charge in [-0.05, 0) is 36.4 Å². The van der Waals surface area contributed by atoms with E-state index in [1.165, 1.54) is 0 Å². The molecule has 1 amide bonds. The quantitative estimate of drug-likeness (QED) is 0.747. The zero-order chi connectivity index (χ0) is 18.5. The Balaban J connectivity index is 1.48. The molecule has 5 nitrogen and oxygen atoms in total. The van der Waals surface area contributed by atoms with E-state index in [9.17, 15) is 9.59 Å². The number of piperazine rings is 1. The number of amides is 1. The Morgan fingerprint density at radius 3 is 2.23 bits per heavy atom. The number of carbonyl (C=O) groups excluding carboxylic acids is 2. The molecule has 26 heavy (non-hydrogen) atoms. The largest absolute Gasteiger partial charge is 0.452 e. The van der Waals surface area contributed by atoms with Crippen LogP contribution in [0.15, 0.2) is 48.5 Å². The lowest BCUT2D eigenvalue weighted by Gasteiger charge is -2.36. The van der Waals surface area contributed by atoms with Crippen molar-refractivity contribution in [3.05, 3.63) is 64.1 Å². The lowest BCUT2D eigenvalue weighted by Crippen LogP contribution is -2.50. The van der Waals surface area contributed by atoms with Crippen LogP contribution >= 0.6 is 23.2 Å². The van der Waals surface area contributed by atoms with E-state index in [1.807, 2.05) is 24.3 Å². The van der Waals surface area contributed by atoms with Crippen LogP contribution in [0.5, 0.6) is 0 Å². The highest BCUT2D eigenvalue weighted by Crippen LogP contribution is 2.26.